The lowest BCUT2D eigenvalue weighted by Gasteiger charge is -2.21. The smallest absolute Gasteiger partial charge is 0.171 e. The lowest BCUT2D eigenvalue weighted by atomic mass is 10.0. The summed E-state index contributed by atoms with van der Waals surface area (Å²) in [6, 6.07) is 5.95. The maximum absolute atomic E-state index is 12.4. The summed E-state index contributed by atoms with van der Waals surface area (Å²) in [6.45, 7) is 1.83. The average Bonchev–Trinajstić information content (AvgIpc) is 2.99. The Hall–Kier alpha value is -0.990. The van der Waals surface area contributed by atoms with Crippen LogP contribution in [0.15, 0.2) is 45.8 Å². The van der Waals surface area contributed by atoms with Crippen molar-refractivity contribution in [3.8, 4) is 0 Å². The zero-order valence-electron chi connectivity index (χ0n) is 14.0. The lowest BCUT2D eigenvalue weighted by molar-refractivity contribution is 0.402. The van der Waals surface area contributed by atoms with Crippen LogP contribution in [0.4, 0.5) is 0 Å². The monoisotopic (exact) mass is 433 g/mol. The maximum Gasteiger partial charge on any atom is 0.171 e. The van der Waals surface area contributed by atoms with Gasteiger partial charge in [-0.25, -0.2) is 13.4 Å². The Bertz CT molecular complexity index is 933. The third-order valence-corrected chi connectivity index (χ3v) is 6.90. The SMILES string of the molecule is Cl.Cl.O=S(=O)(C=CC1=Cc2cnc3cccc(n23)S1)CC1CCNCC1. The standard InChI is InChI=1S/C17H19N3O2S2.2ClH/c21-24(22,12-13-4-7-18-8-5-13)9-6-15-10-14-11-19-16-2-1-3-17(23-15)20(14)16;;/h1-3,6,9-11,13,18H,4-5,7-8,12H2;2*1H. The number of halogens is 2. The Balaban J connectivity index is 0.00000121. The zero-order valence-corrected chi connectivity index (χ0v) is 17.3. The van der Waals surface area contributed by atoms with E-state index >= 15 is 0 Å². The van der Waals surface area contributed by atoms with E-state index in [0.29, 0.717) is 0 Å². The highest BCUT2D eigenvalue weighted by atomic mass is 35.5. The van der Waals surface area contributed by atoms with E-state index in [1.54, 1.807) is 17.8 Å². The first-order chi connectivity index (χ1) is 11.6. The first-order valence-electron chi connectivity index (χ1n) is 8.08. The number of hydrogen-bond donors (Lipinski definition) is 1. The molecule has 0 atom stereocenters. The summed E-state index contributed by atoms with van der Waals surface area (Å²) >= 11 is 1.56. The Kier molecular flexibility index (Phi) is 7.21. The predicted octanol–water partition coefficient (Wildman–Crippen LogP) is 3.55. The normalized spacial score (nSPS) is 17.6. The fraction of sp³-hybridized carbons (Fsp3) is 0.353. The van der Waals surface area contributed by atoms with Crippen LogP contribution in [0, 0.1) is 5.92 Å². The van der Waals surface area contributed by atoms with Crippen LogP contribution in [0.1, 0.15) is 18.5 Å². The van der Waals surface area contributed by atoms with Crippen LogP contribution in [0.2, 0.25) is 0 Å². The summed E-state index contributed by atoms with van der Waals surface area (Å²) in [7, 11) is -3.18. The summed E-state index contributed by atoms with van der Waals surface area (Å²) < 4.78 is 26.8. The van der Waals surface area contributed by atoms with E-state index in [1.165, 1.54) is 5.41 Å². The minimum absolute atomic E-state index is 0. The number of rotatable bonds is 4. The molecule has 0 saturated carbocycles. The number of thioether (sulfide) groups is 1. The van der Waals surface area contributed by atoms with E-state index in [2.05, 4.69) is 14.7 Å². The van der Waals surface area contributed by atoms with Crippen LogP contribution >= 0.6 is 36.6 Å². The van der Waals surface area contributed by atoms with Gasteiger partial charge in [-0.1, -0.05) is 17.8 Å². The van der Waals surface area contributed by atoms with Gasteiger partial charge in [-0.15, -0.1) is 24.8 Å². The third kappa shape index (κ3) is 4.64. The van der Waals surface area contributed by atoms with Gasteiger partial charge in [-0.3, -0.25) is 4.40 Å². The molecule has 0 radical (unpaired) electrons. The molecule has 2 aromatic heterocycles. The summed E-state index contributed by atoms with van der Waals surface area (Å²) in [5.41, 5.74) is 1.89. The van der Waals surface area contributed by atoms with Gasteiger partial charge in [0.1, 0.15) is 5.65 Å². The highest BCUT2D eigenvalue weighted by Gasteiger charge is 2.20. The zero-order chi connectivity index (χ0) is 16.6. The third-order valence-electron chi connectivity index (χ3n) is 4.40. The molecule has 1 fully saturated rings. The van der Waals surface area contributed by atoms with Gasteiger partial charge in [0.15, 0.2) is 9.84 Å². The molecule has 4 rings (SSSR count). The second kappa shape index (κ2) is 8.80. The molecule has 2 aliphatic rings. The van der Waals surface area contributed by atoms with Gasteiger partial charge in [0.05, 0.1) is 22.7 Å². The number of aromatic nitrogens is 2. The summed E-state index contributed by atoms with van der Waals surface area (Å²) in [5, 5.41) is 5.70. The second-order valence-electron chi connectivity index (χ2n) is 6.22. The fourth-order valence-corrected chi connectivity index (χ4v) is 5.73. The summed E-state index contributed by atoms with van der Waals surface area (Å²) in [5.74, 6) is 0.514. The molecule has 0 bridgehead atoms. The van der Waals surface area contributed by atoms with Crippen LogP contribution < -0.4 is 5.32 Å². The highest BCUT2D eigenvalue weighted by molar-refractivity contribution is 8.03. The molecule has 0 unspecified atom stereocenters. The number of nitrogens with one attached hydrogen (secondary N) is 1. The van der Waals surface area contributed by atoms with E-state index in [-0.39, 0.29) is 36.5 Å². The van der Waals surface area contributed by atoms with Crippen molar-refractivity contribution in [2.24, 2.45) is 5.92 Å². The van der Waals surface area contributed by atoms with Gasteiger partial charge in [0.2, 0.25) is 0 Å². The topological polar surface area (TPSA) is 63.5 Å². The van der Waals surface area contributed by atoms with Crippen molar-refractivity contribution < 1.29 is 8.42 Å². The number of nitrogens with zero attached hydrogens (tertiary/aromatic N) is 2. The van der Waals surface area contributed by atoms with E-state index < -0.39 is 9.84 Å². The number of imidazole rings is 1. The van der Waals surface area contributed by atoms with Gasteiger partial charge in [0.25, 0.3) is 0 Å². The first kappa shape index (κ1) is 21.3. The number of piperidine rings is 1. The van der Waals surface area contributed by atoms with E-state index in [4.69, 9.17) is 0 Å². The molecule has 1 saturated heterocycles. The molecule has 2 aromatic rings. The maximum atomic E-state index is 12.4. The molecule has 0 aliphatic carbocycles. The largest absolute Gasteiger partial charge is 0.317 e. The predicted molar refractivity (Wildman–Crippen MR) is 112 cm³/mol. The van der Waals surface area contributed by atoms with Crippen molar-refractivity contribution >= 4 is 58.1 Å². The van der Waals surface area contributed by atoms with Gasteiger partial charge < -0.3 is 5.32 Å². The van der Waals surface area contributed by atoms with Crippen molar-refractivity contribution in [1.82, 2.24) is 14.7 Å². The fourth-order valence-electron chi connectivity index (χ4n) is 3.19. The van der Waals surface area contributed by atoms with Gasteiger partial charge in [0, 0.05) is 10.3 Å². The van der Waals surface area contributed by atoms with Crippen molar-refractivity contribution in [2.75, 3.05) is 18.8 Å². The lowest BCUT2D eigenvalue weighted by Crippen LogP contribution is -2.31. The number of sulfone groups is 1. The van der Waals surface area contributed by atoms with E-state index in [9.17, 15) is 8.42 Å². The number of hydrogen-bond acceptors (Lipinski definition) is 5. The highest BCUT2D eigenvalue weighted by Crippen LogP contribution is 2.35. The van der Waals surface area contributed by atoms with E-state index in [1.807, 2.05) is 30.5 Å². The van der Waals surface area contributed by atoms with Crippen LogP contribution in [0.25, 0.3) is 11.7 Å². The second-order valence-corrected chi connectivity index (χ2v) is 9.24. The summed E-state index contributed by atoms with van der Waals surface area (Å²) in [6.07, 6.45) is 7.39. The molecular weight excluding hydrogens is 413 g/mol. The molecule has 5 nitrogen and oxygen atoms in total. The van der Waals surface area contributed by atoms with Crippen molar-refractivity contribution in [3.05, 3.63) is 46.5 Å². The minimum atomic E-state index is -3.18. The summed E-state index contributed by atoms with van der Waals surface area (Å²) in [4.78, 5) is 5.29. The molecule has 2 aliphatic heterocycles. The van der Waals surface area contributed by atoms with Gasteiger partial charge in [-0.05, 0) is 56.1 Å². The number of allylic oxidation sites excluding steroid dienone is 1. The van der Waals surface area contributed by atoms with Crippen molar-refractivity contribution in [2.45, 2.75) is 17.9 Å². The van der Waals surface area contributed by atoms with Crippen LogP contribution in [-0.2, 0) is 9.84 Å². The molecule has 26 heavy (non-hydrogen) atoms. The first-order valence-corrected chi connectivity index (χ1v) is 10.6. The Morgan fingerprint density at radius 2 is 2.04 bits per heavy atom. The molecule has 4 heterocycles. The molecule has 142 valence electrons. The molecule has 0 spiro atoms. The Labute approximate surface area is 170 Å². The van der Waals surface area contributed by atoms with Crippen LogP contribution in [0.3, 0.4) is 0 Å². The molecule has 0 aromatic carbocycles. The molecule has 1 N–H and O–H groups in total. The molecular formula is C17H21Cl2N3O2S2. The van der Waals surface area contributed by atoms with Gasteiger partial charge in [-0.2, -0.15) is 0 Å². The van der Waals surface area contributed by atoms with Crippen LogP contribution in [0.5, 0.6) is 0 Å². The molecule has 0 amide bonds. The molecule has 9 heteroatoms. The van der Waals surface area contributed by atoms with E-state index in [0.717, 1.165) is 47.2 Å². The quantitative estimate of drug-likeness (QED) is 0.798. The van der Waals surface area contributed by atoms with Crippen molar-refractivity contribution in [1.29, 1.82) is 0 Å². The van der Waals surface area contributed by atoms with Gasteiger partial charge >= 0.3 is 0 Å². The van der Waals surface area contributed by atoms with Crippen LogP contribution in [-0.4, -0.2) is 36.6 Å². The number of pyridine rings is 1. The average molecular weight is 434 g/mol. The Morgan fingerprint density at radius 3 is 2.81 bits per heavy atom. The van der Waals surface area contributed by atoms with Crippen molar-refractivity contribution in [3.63, 3.8) is 0 Å². The Morgan fingerprint density at radius 1 is 1.27 bits per heavy atom. The minimum Gasteiger partial charge on any atom is -0.317 e.